The fourth-order valence-electron chi connectivity index (χ4n) is 5.03. The predicted octanol–water partition coefficient (Wildman–Crippen LogP) is 5.72. The van der Waals surface area contributed by atoms with E-state index in [0.29, 0.717) is 26.4 Å². The van der Waals surface area contributed by atoms with Gasteiger partial charge in [0.25, 0.3) is 0 Å². The number of aliphatic hydroxyl groups excluding tert-OH is 1. The minimum Gasteiger partial charge on any atom is -0.394 e. The molecule has 5 rings (SSSR count). The van der Waals surface area contributed by atoms with Crippen LogP contribution in [-0.4, -0.2) is 48.8 Å². The lowest BCUT2D eigenvalue weighted by Gasteiger charge is -2.46. The second kappa shape index (κ2) is 15.6. The minimum absolute atomic E-state index is 0.217. The zero-order valence-corrected chi connectivity index (χ0v) is 23.2. The van der Waals surface area contributed by atoms with E-state index >= 15 is 0 Å². The molecule has 6 heteroatoms. The van der Waals surface area contributed by atoms with Gasteiger partial charge in [-0.1, -0.05) is 121 Å². The van der Waals surface area contributed by atoms with E-state index in [1.807, 2.05) is 121 Å². The smallest absolute Gasteiger partial charge is 0.115 e. The topological polar surface area (TPSA) is 66.4 Å². The maximum atomic E-state index is 10.4. The Balaban J connectivity index is 1.38. The molecule has 4 aromatic rings. The van der Waals surface area contributed by atoms with Crippen LogP contribution >= 0.6 is 0 Å². The van der Waals surface area contributed by atoms with Crippen LogP contribution in [0, 0.1) is 0 Å². The first-order valence-electron chi connectivity index (χ1n) is 14.1. The van der Waals surface area contributed by atoms with Crippen molar-refractivity contribution in [2.75, 3.05) is 13.2 Å². The highest BCUT2D eigenvalue weighted by atomic mass is 16.6. The van der Waals surface area contributed by atoms with Gasteiger partial charge in [0.1, 0.15) is 30.5 Å². The number of hydrogen-bond acceptors (Lipinski definition) is 6. The van der Waals surface area contributed by atoms with Crippen molar-refractivity contribution in [3.8, 4) is 0 Å². The van der Waals surface area contributed by atoms with Gasteiger partial charge in [-0.25, -0.2) is 0 Å². The molecular formula is C35H38O6. The Morgan fingerprint density at radius 1 is 0.463 bits per heavy atom. The average molecular weight is 555 g/mol. The van der Waals surface area contributed by atoms with Crippen LogP contribution < -0.4 is 0 Å². The summed E-state index contributed by atoms with van der Waals surface area (Å²) < 4.78 is 32.2. The first-order chi connectivity index (χ1) is 20.3. The molecule has 1 fully saturated rings. The van der Waals surface area contributed by atoms with Gasteiger partial charge >= 0.3 is 0 Å². The second-order valence-electron chi connectivity index (χ2n) is 10.2. The highest BCUT2D eigenvalue weighted by molar-refractivity contribution is 5.16. The third-order valence-corrected chi connectivity index (χ3v) is 7.16. The second-order valence-corrected chi connectivity index (χ2v) is 10.2. The maximum Gasteiger partial charge on any atom is 0.115 e. The lowest BCUT2D eigenvalue weighted by molar-refractivity contribution is -0.277. The van der Waals surface area contributed by atoms with Gasteiger partial charge < -0.3 is 28.8 Å². The van der Waals surface area contributed by atoms with E-state index in [2.05, 4.69) is 0 Å². The normalized spacial score (nSPS) is 22.4. The maximum absolute atomic E-state index is 10.4. The molecule has 1 aliphatic rings. The average Bonchev–Trinajstić information content (AvgIpc) is 3.04. The van der Waals surface area contributed by atoms with Crippen molar-refractivity contribution in [3.63, 3.8) is 0 Å². The number of aliphatic hydroxyl groups is 1. The third-order valence-electron chi connectivity index (χ3n) is 7.16. The molecule has 0 saturated carbocycles. The van der Waals surface area contributed by atoms with Crippen molar-refractivity contribution in [1.82, 2.24) is 0 Å². The van der Waals surface area contributed by atoms with Gasteiger partial charge in [0.2, 0.25) is 0 Å². The van der Waals surface area contributed by atoms with Gasteiger partial charge in [0, 0.05) is 0 Å². The summed E-state index contributed by atoms with van der Waals surface area (Å²) in [5.41, 5.74) is 4.19. The van der Waals surface area contributed by atoms with Crippen molar-refractivity contribution in [2.45, 2.75) is 56.9 Å². The van der Waals surface area contributed by atoms with E-state index in [1.54, 1.807) is 0 Å². The summed E-state index contributed by atoms with van der Waals surface area (Å²) in [6.45, 7) is 1.62. The summed E-state index contributed by atoms with van der Waals surface area (Å²) in [4.78, 5) is 0. The van der Waals surface area contributed by atoms with Gasteiger partial charge in [-0.3, -0.25) is 0 Å². The first kappa shape index (κ1) is 29.1. The van der Waals surface area contributed by atoms with Gasteiger partial charge in [-0.2, -0.15) is 0 Å². The summed E-state index contributed by atoms with van der Waals surface area (Å²) >= 11 is 0. The van der Waals surface area contributed by atoms with Gasteiger partial charge in [-0.05, 0) is 22.3 Å². The van der Waals surface area contributed by atoms with Crippen molar-refractivity contribution in [1.29, 1.82) is 0 Å². The predicted molar refractivity (Wildman–Crippen MR) is 157 cm³/mol. The molecule has 0 bridgehead atoms. The molecule has 0 aliphatic carbocycles. The Labute approximate surface area is 242 Å². The Kier molecular flexibility index (Phi) is 11.1. The largest absolute Gasteiger partial charge is 0.394 e. The van der Waals surface area contributed by atoms with Crippen LogP contribution in [0.2, 0.25) is 0 Å². The summed E-state index contributed by atoms with van der Waals surface area (Å²) in [6, 6.07) is 40.1. The van der Waals surface area contributed by atoms with Crippen molar-refractivity contribution >= 4 is 0 Å². The molecule has 1 aliphatic heterocycles. The third kappa shape index (κ3) is 8.57. The van der Waals surface area contributed by atoms with E-state index in [4.69, 9.17) is 23.7 Å². The highest BCUT2D eigenvalue weighted by Gasteiger charge is 2.48. The summed E-state index contributed by atoms with van der Waals surface area (Å²) in [5, 5.41) is 10.4. The van der Waals surface area contributed by atoms with E-state index in [1.165, 1.54) is 0 Å². The van der Waals surface area contributed by atoms with E-state index in [-0.39, 0.29) is 13.2 Å². The Bertz CT molecular complexity index is 1260. The Hall–Kier alpha value is -3.36. The SMILES string of the molecule is OC[C@@H]1O[C@H](COCc2ccccc2)[C@@H](OCc2ccccc2)[C@H](OCc2ccccc2)[C@H]1OCc1ccccc1. The van der Waals surface area contributed by atoms with Crippen LogP contribution in [0.25, 0.3) is 0 Å². The zero-order valence-electron chi connectivity index (χ0n) is 23.2. The van der Waals surface area contributed by atoms with Crippen LogP contribution in [0.3, 0.4) is 0 Å². The zero-order chi connectivity index (χ0) is 28.1. The fourth-order valence-corrected chi connectivity index (χ4v) is 5.03. The molecular weight excluding hydrogens is 516 g/mol. The number of benzene rings is 4. The van der Waals surface area contributed by atoms with Crippen LogP contribution in [0.15, 0.2) is 121 Å². The van der Waals surface area contributed by atoms with Crippen molar-refractivity contribution in [3.05, 3.63) is 144 Å². The molecule has 1 heterocycles. The summed E-state index contributed by atoms with van der Waals surface area (Å²) in [7, 11) is 0. The van der Waals surface area contributed by atoms with E-state index in [9.17, 15) is 5.11 Å². The molecule has 0 aromatic heterocycles. The number of ether oxygens (including phenoxy) is 5. The molecule has 0 radical (unpaired) electrons. The molecule has 0 amide bonds. The summed E-state index contributed by atoms with van der Waals surface area (Å²) in [5.74, 6) is 0. The van der Waals surface area contributed by atoms with Gasteiger partial charge in [0.15, 0.2) is 0 Å². The molecule has 1 N–H and O–H groups in total. The van der Waals surface area contributed by atoms with Crippen LogP contribution in [-0.2, 0) is 50.1 Å². The lowest BCUT2D eigenvalue weighted by atomic mass is 9.94. The van der Waals surface area contributed by atoms with E-state index < -0.39 is 30.5 Å². The molecule has 41 heavy (non-hydrogen) atoms. The van der Waals surface area contributed by atoms with Gasteiger partial charge in [-0.15, -0.1) is 0 Å². The Morgan fingerprint density at radius 3 is 1.24 bits per heavy atom. The summed E-state index contributed by atoms with van der Waals surface area (Å²) in [6.07, 6.45) is -2.66. The molecule has 6 nitrogen and oxygen atoms in total. The fraction of sp³-hybridized carbons (Fsp3) is 0.314. The molecule has 1 saturated heterocycles. The van der Waals surface area contributed by atoms with E-state index in [0.717, 1.165) is 22.3 Å². The minimum atomic E-state index is -0.610. The molecule has 214 valence electrons. The monoisotopic (exact) mass is 554 g/mol. The molecule has 0 spiro atoms. The molecule has 4 aromatic carbocycles. The van der Waals surface area contributed by atoms with Crippen molar-refractivity contribution in [2.24, 2.45) is 0 Å². The van der Waals surface area contributed by atoms with Crippen molar-refractivity contribution < 1.29 is 28.8 Å². The standard InChI is InChI=1S/C35H38O6/c36-21-31-33(38-23-28-15-7-2-8-16-28)35(40-25-30-19-11-4-12-20-30)34(39-24-29-17-9-3-10-18-29)32(41-31)26-37-22-27-13-5-1-6-14-27/h1-20,31-36H,21-26H2/t31-,32+,33-,34+,35+/m0/s1. The van der Waals surface area contributed by atoms with Crippen LogP contribution in [0.4, 0.5) is 0 Å². The Morgan fingerprint density at radius 2 is 0.829 bits per heavy atom. The molecule has 5 atom stereocenters. The first-order valence-corrected chi connectivity index (χ1v) is 14.1. The highest BCUT2D eigenvalue weighted by Crippen LogP contribution is 2.31. The number of rotatable bonds is 14. The number of hydrogen-bond donors (Lipinski definition) is 1. The van der Waals surface area contributed by atoms with Gasteiger partial charge in [0.05, 0.1) is 39.6 Å². The van der Waals surface area contributed by atoms with Crippen LogP contribution in [0.5, 0.6) is 0 Å². The molecule has 0 unspecified atom stereocenters. The quantitative estimate of drug-likeness (QED) is 0.215. The lowest BCUT2D eigenvalue weighted by Crippen LogP contribution is -2.62. The van der Waals surface area contributed by atoms with Crippen LogP contribution in [0.1, 0.15) is 22.3 Å².